The minimum Gasteiger partial charge on any atom is -0.473 e. The molecule has 0 unspecified atom stereocenters. The van der Waals surface area contributed by atoms with Crippen LogP contribution < -0.4 is 0 Å². The number of rotatable bonds is 4. The summed E-state index contributed by atoms with van der Waals surface area (Å²) in [4.78, 5) is 37.1. The number of hydrogen-bond donors (Lipinski definition) is 2. The molecule has 0 bridgehead atoms. The summed E-state index contributed by atoms with van der Waals surface area (Å²) in [5.74, 6) is -3.40. The van der Waals surface area contributed by atoms with Gasteiger partial charge in [0.1, 0.15) is 0 Å². The van der Waals surface area contributed by atoms with Crippen LogP contribution in [0.2, 0.25) is 0 Å². The van der Waals surface area contributed by atoms with Crippen LogP contribution in [0.1, 0.15) is 5.56 Å². The SMILES string of the molecule is O=C(CN1CCN(Cc2ccccc2)CC1)N1CCOCC1.O=C(O)C(=O)O. The van der Waals surface area contributed by atoms with Crippen LogP contribution in [0.5, 0.6) is 0 Å². The first-order chi connectivity index (χ1) is 13.5. The zero-order chi connectivity index (χ0) is 20.4. The molecule has 0 radical (unpaired) electrons. The van der Waals surface area contributed by atoms with Crippen LogP contribution in [-0.2, 0) is 25.7 Å². The number of carboxylic acids is 2. The van der Waals surface area contributed by atoms with E-state index in [9.17, 15) is 4.79 Å². The van der Waals surface area contributed by atoms with Crippen molar-refractivity contribution in [2.45, 2.75) is 6.54 Å². The van der Waals surface area contributed by atoms with Gasteiger partial charge in [0.25, 0.3) is 0 Å². The maximum absolute atomic E-state index is 12.3. The summed E-state index contributed by atoms with van der Waals surface area (Å²) in [6, 6.07) is 10.6. The molecule has 3 rings (SSSR count). The molecular weight excluding hydrogens is 366 g/mol. The van der Waals surface area contributed by atoms with E-state index in [0.717, 1.165) is 45.8 Å². The van der Waals surface area contributed by atoms with E-state index < -0.39 is 11.9 Å². The summed E-state index contributed by atoms with van der Waals surface area (Å²) in [5.41, 5.74) is 1.36. The number of carboxylic acid groups (broad SMARTS) is 2. The average Bonchev–Trinajstić information content (AvgIpc) is 2.71. The fourth-order valence-electron chi connectivity index (χ4n) is 3.05. The molecule has 0 atom stereocenters. The standard InChI is InChI=1S/C17H25N3O2.C2H2O4/c21-17(20-10-12-22-13-11-20)15-19-8-6-18(7-9-19)14-16-4-2-1-3-5-16;3-1(4)2(5)6/h1-5H,6-15H2;(H,3,4)(H,5,6). The first-order valence-electron chi connectivity index (χ1n) is 9.26. The molecule has 2 heterocycles. The molecule has 0 aliphatic carbocycles. The molecule has 2 aliphatic rings. The highest BCUT2D eigenvalue weighted by atomic mass is 16.5. The van der Waals surface area contributed by atoms with E-state index in [2.05, 4.69) is 40.1 Å². The second-order valence-electron chi connectivity index (χ2n) is 6.64. The molecule has 2 aliphatic heterocycles. The predicted molar refractivity (Wildman–Crippen MR) is 101 cm³/mol. The van der Waals surface area contributed by atoms with Crippen LogP contribution in [0.15, 0.2) is 30.3 Å². The topological polar surface area (TPSA) is 111 Å². The Morgan fingerprint density at radius 1 is 0.821 bits per heavy atom. The Bertz CT molecular complexity index is 628. The van der Waals surface area contributed by atoms with E-state index in [1.54, 1.807) is 0 Å². The minimum absolute atomic E-state index is 0.250. The lowest BCUT2D eigenvalue weighted by atomic mass is 10.2. The fourth-order valence-corrected chi connectivity index (χ4v) is 3.05. The molecule has 1 aromatic rings. The number of hydrogen-bond acceptors (Lipinski definition) is 6. The van der Waals surface area contributed by atoms with Crippen LogP contribution in [-0.4, -0.2) is 102 Å². The van der Waals surface area contributed by atoms with Crippen molar-refractivity contribution in [3.05, 3.63) is 35.9 Å². The quantitative estimate of drug-likeness (QED) is 0.678. The lowest BCUT2D eigenvalue weighted by Gasteiger charge is -2.36. The third kappa shape index (κ3) is 7.63. The van der Waals surface area contributed by atoms with Crippen molar-refractivity contribution in [1.29, 1.82) is 0 Å². The highest BCUT2D eigenvalue weighted by Crippen LogP contribution is 2.09. The van der Waals surface area contributed by atoms with Crippen LogP contribution in [0.25, 0.3) is 0 Å². The van der Waals surface area contributed by atoms with Crippen molar-refractivity contribution in [2.24, 2.45) is 0 Å². The monoisotopic (exact) mass is 393 g/mol. The van der Waals surface area contributed by atoms with Gasteiger partial charge in [-0.05, 0) is 5.56 Å². The van der Waals surface area contributed by atoms with Crippen molar-refractivity contribution in [2.75, 3.05) is 59.0 Å². The third-order valence-corrected chi connectivity index (χ3v) is 4.62. The van der Waals surface area contributed by atoms with Gasteiger partial charge >= 0.3 is 11.9 Å². The summed E-state index contributed by atoms with van der Waals surface area (Å²) >= 11 is 0. The molecule has 2 saturated heterocycles. The number of ether oxygens (including phenoxy) is 1. The summed E-state index contributed by atoms with van der Waals surface area (Å²) in [5, 5.41) is 14.8. The van der Waals surface area contributed by atoms with Gasteiger partial charge in [0.05, 0.1) is 19.8 Å². The van der Waals surface area contributed by atoms with Crippen molar-refractivity contribution in [3.8, 4) is 0 Å². The Hall–Kier alpha value is -2.49. The Morgan fingerprint density at radius 2 is 1.36 bits per heavy atom. The van der Waals surface area contributed by atoms with Gasteiger partial charge in [0.15, 0.2) is 0 Å². The van der Waals surface area contributed by atoms with Crippen molar-refractivity contribution in [1.82, 2.24) is 14.7 Å². The first-order valence-corrected chi connectivity index (χ1v) is 9.26. The highest BCUT2D eigenvalue weighted by Gasteiger charge is 2.22. The average molecular weight is 393 g/mol. The molecule has 1 amide bonds. The zero-order valence-corrected chi connectivity index (χ0v) is 15.8. The van der Waals surface area contributed by atoms with Crippen LogP contribution in [0.3, 0.4) is 0 Å². The van der Waals surface area contributed by atoms with Crippen LogP contribution in [0.4, 0.5) is 0 Å². The lowest BCUT2D eigenvalue weighted by Crippen LogP contribution is -2.51. The van der Waals surface area contributed by atoms with Gasteiger partial charge in [-0.25, -0.2) is 9.59 Å². The second kappa shape index (κ2) is 11.4. The predicted octanol–water partition coefficient (Wildman–Crippen LogP) is -0.181. The normalized spacial score (nSPS) is 18.1. The van der Waals surface area contributed by atoms with Gasteiger partial charge in [-0.3, -0.25) is 14.6 Å². The van der Waals surface area contributed by atoms with Crippen molar-refractivity contribution < 1.29 is 29.3 Å². The Balaban J connectivity index is 0.000000409. The van der Waals surface area contributed by atoms with E-state index >= 15 is 0 Å². The fraction of sp³-hybridized carbons (Fsp3) is 0.526. The Morgan fingerprint density at radius 3 is 1.89 bits per heavy atom. The first kappa shape index (κ1) is 21.8. The number of carbonyl (C=O) groups excluding carboxylic acids is 1. The number of carbonyl (C=O) groups is 3. The highest BCUT2D eigenvalue weighted by molar-refractivity contribution is 6.27. The number of piperazine rings is 1. The number of morpholine rings is 1. The van der Waals surface area contributed by atoms with Gasteiger partial charge in [0, 0.05) is 45.8 Å². The van der Waals surface area contributed by atoms with Gasteiger partial charge in [-0.2, -0.15) is 0 Å². The smallest absolute Gasteiger partial charge is 0.414 e. The molecular formula is C19H27N3O6. The van der Waals surface area contributed by atoms with E-state index in [1.165, 1.54) is 5.56 Å². The number of amides is 1. The number of benzene rings is 1. The van der Waals surface area contributed by atoms with Crippen molar-refractivity contribution in [3.63, 3.8) is 0 Å². The Labute approximate surface area is 164 Å². The molecule has 2 N–H and O–H groups in total. The second-order valence-corrected chi connectivity index (χ2v) is 6.64. The summed E-state index contributed by atoms with van der Waals surface area (Å²) in [6.45, 7) is 8.42. The minimum atomic E-state index is -1.82. The van der Waals surface area contributed by atoms with Gasteiger partial charge in [-0.1, -0.05) is 30.3 Å². The molecule has 0 saturated carbocycles. The molecule has 0 aromatic heterocycles. The van der Waals surface area contributed by atoms with E-state index in [4.69, 9.17) is 24.5 Å². The van der Waals surface area contributed by atoms with E-state index in [-0.39, 0.29) is 5.91 Å². The van der Waals surface area contributed by atoms with Gasteiger partial charge in [-0.15, -0.1) is 0 Å². The number of aliphatic carboxylic acids is 2. The molecule has 2 fully saturated rings. The zero-order valence-electron chi connectivity index (χ0n) is 15.8. The van der Waals surface area contributed by atoms with Crippen molar-refractivity contribution >= 4 is 17.8 Å². The molecule has 28 heavy (non-hydrogen) atoms. The summed E-state index contributed by atoms with van der Waals surface area (Å²) in [7, 11) is 0. The van der Waals surface area contributed by atoms with Gasteiger partial charge < -0.3 is 19.8 Å². The summed E-state index contributed by atoms with van der Waals surface area (Å²) < 4.78 is 5.30. The van der Waals surface area contributed by atoms with Crippen LogP contribution in [0, 0.1) is 0 Å². The van der Waals surface area contributed by atoms with E-state index in [1.807, 2.05) is 4.90 Å². The van der Waals surface area contributed by atoms with E-state index in [0.29, 0.717) is 19.8 Å². The maximum Gasteiger partial charge on any atom is 0.414 e. The van der Waals surface area contributed by atoms with Gasteiger partial charge in [0.2, 0.25) is 5.91 Å². The molecule has 1 aromatic carbocycles. The largest absolute Gasteiger partial charge is 0.473 e. The maximum atomic E-state index is 12.3. The molecule has 0 spiro atoms. The molecule has 9 heteroatoms. The third-order valence-electron chi connectivity index (χ3n) is 4.62. The molecule has 154 valence electrons. The summed E-state index contributed by atoms with van der Waals surface area (Å²) in [6.07, 6.45) is 0. The Kier molecular flexibility index (Phi) is 8.86. The number of nitrogens with zero attached hydrogens (tertiary/aromatic N) is 3. The lowest BCUT2D eigenvalue weighted by molar-refractivity contribution is -0.159. The van der Waals surface area contributed by atoms with Crippen LogP contribution >= 0.6 is 0 Å². The molecule has 9 nitrogen and oxygen atoms in total.